The van der Waals surface area contributed by atoms with Crippen LogP contribution in [0, 0.1) is 11.3 Å². The van der Waals surface area contributed by atoms with E-state index < -0.39 is 12.1 Å². The molecule has 2 N–H and O–H groups in total. The van der Waals surface area contributed by atoms with E-state index in [1.54, 1.807) is 24.3 Å². The van der Waals surface area contributed by atoms with Crippen molar-refractivity contribution in [1.29, 1.82) is 5.26 Å². The number of hydrogen-bond donors (Lipinski definition) is 2. The van der Waals surface area contributed by atoms with Crippen LogP contribution < -0.4 is 5.32 Å². The average molecular weight is 291 g/mol. The van der Waals surface area contributed by atoms with Gasteiger partial charge in [-0.25, -0.2) is 9.86 Å². The van der Waals surface area contributed by atoms with Crippen LogP contribution in [0.1, 0.15) is 17.5 Å². The number of amides is 2. The summed E-state index contributed by atoms with van der Waals surface area (Å²) in [6.07, 6.45) is -0.862. The first-order valence-electron chi connectivity index (χ1n) is 6.25. The summed E-state index contributed by atoms with van der Waals surface area (Å²) in [5, 5.41) is 20.9. The van der Waals surface area contributed by atoms with Crippen LogP contribution in [0.15, 0.2) is 24.3 Å². The van der Waals surface area contributed by atoms with E-state index in [0.29, 0.717) is 12.0 Å². The maximum Gasteiger partial charge on any atom is 0.404 e. The lowest BCUT2D eigenvalue weighted by molar-refractivity contribution is -0.169. The highest BCUT2D eigenvalue weighted by Gasteiger charge is 2.19. The van der Waals surface area contributed by atoms with E-state index in [2.05, 4.69) is 5.32 Å². The molecule has 0 spiro atoms. The first-order chi connectivity index (χ1) is 9.96. The predicted molar refractivity (Wildman–Crippen MR) is 74.2 cm³/mol. The molecule has 0 aliphatic heterocycles. The molecule has 0 fully saturated rings. The van der Waals surface area contributed by atoms with Crippen LogP contribution in [-0.2, 0) is 16.1 Å². The monoisotopic (exact) mass is 291 g/mol. The minimum absolute atomic E-state index is 0.0172. The van der Waals surface area contributed by atoms with E-state index in [1.165, 1.54) is 14.2 Å². The Morgan fingerprint density at radius 2 is 2.05 bits per heavy atom. The van der Waals surface area contributed by atoms with Gasteiger partial charge in [0.1, 0.15) is 0 Å². The molecule has 0 saturated carbocycles. The van der Waals surface area contributed by atoms with Gasteiger partial charge in [-0.1, -0.05) is 12.1 Å². The van der Waals surface area contributed by atoms with Crippen molar-refractivity contribution in [2.24, 2.45) is 0 Å². The number of hydroxylamine groups is 2. The third kappa shape index (κ3) is 5.50. The fourth-order valence-corrected chi connectivity index (χ4v) is 1.79. The number of hydrogen-bond acceptors (Lipinski definition) is 4. The maximum atomic E-state index is 11.8. The molecule has 1 aromatic rings. The van der Waals surface area contributed by atoms with E-state index in [9.17, 15) is 9.59 Å². The zero-order valence-electron chi connectivity index (χ0n) is 11.9. The topological polar surface area (TPSA) is 103 Å². The van der Waals surface area contributed by atoms with Crippen molar-refractivity contribution in [3.05, 3.63) is 35.4 Å². The molecule has 0 bridgehead atoms. The second-order valence-corrected chi connectivity index (χ2v) is 4.44. The van der Waals surface area contributed by atoms with Crippen LogP contribution in [0.4, 0.5) is 4.79 Å². The minimum atomic E-state index is -1.19. The normalized spacial score (nSPS) is 11.3. The third-order valence-electron chi connectivity index (χ3n) is 2.94. The third-order valence-corrected chi connectivity index (χ3v) is 2.94. The molecule has 0 saturated heterocycles. The second kappa shape index (κ2) is 7.87. The molecule has 0 unspecified atom stereocenters. The molecule has 0 heterocycles. The van der Waals surface area contributed by atoms with Crippen molar-refractivity contribution >= 4 is 12.0 Å². The molecule has 0 aliphatic carbocycles. The van der Waals surface area contributed by atoms with E-state index in [-0.39, 0.29) is 12.3 Å². The van der Waals surface area contributed by atoms with Crippen LogP contribution in [0.3, 0.4) is 0 Å². The van der Waals surface area contributed by atoms with Crippen LogP contribution in [-0.4, -0.2) is 42.4 Å². The van der Waals surface area contributed by atoms with Crippen molar-refractivity contribution in [3.63, 3.8) is 0 Å². The lowest BCUT2D eigenvalue weighted by Gasteiger charge is -2.20. The Morgan fingerprint density at radius 1 is 1.43 bits per heavy atom. The van der Waals surface area contributed by atoms with Gasteiger partial charge in [-0.05, 0) is 24.1 Å². The predicted octanol–water partition coefficient (Wildman–Crippen LogP) is 1.15. The molecular formula is C14H17N3O4. The number of nitriles is 1. The summed E-state index contributed by atoms with van der Waals surface area (Å²) in [6, 6.07) is 8.21. The summed E-state index contributed by atoms with van der Waals surface area (Å²) in [6.45, 7) is 0. The van der Waals surface area contributed by atoms with Crippen LogP contribution in [0.2, 0.25) is 0 Å². The summed E-state index contributed by atoms with van der Waals surface area (Å²) in [5.41, 5.74) is 1.36. The molecule has 2 amide bonds. The molecule has 112 valence electrons. The van der Waals surface area contributed by atoms with Gasteiger partial charge in [0.15, 0.2) is 0 Å². The number of carbonyl (C=O) groups is 2. The van der Waals surface area contributed by atoms with Crippen molar-refractivity contribution in [2.45, 2.75) is 18.9 Å². The second-order valence-electron chi connectivity index (χ2n) is 4.44. The van der Waals surface area contributed by atoms with Crippen molar-refractivity contribution in [1.82, 2.24) is 10.4 Å². The Bertz CT molecular complexity index is 536. The Hall–Kier alpha value is -2.59. The van der Waals surface area contributed by atoms with Gasteiger partial charge in [0.2, 0.25) is 5.91 Å². The fourth-order valence-electron chi connectivity index (χ4n) is 1.79. The number of carboxylic acid groups (broad SMARTS) is 1. The SMILES string of the molecule is CON(C)C(=O)C[C@@H](Cc1ccc(C#N)cc1)NC(=O)O. The molecule has 0 aliphatic rings. The molecule has 21 heavy (non-hydrogen) atoms. The Labute approximate surface area is 122 Å². The first-order valence-corrected chi connectivity index (χ1v) is 6.25. The molecule has 0 aromatic heterocycles. The number of benzene rings is 1. The maximum absolute atomic E-state index is 11.8. The summed E-state index contributed by atoms with van der Waals surface area (Å²) in [5.74, 6) is -0.329. The summed E-state index contributed by atoms with van der Waals surface area (Å²) < 4.78 is 0. The zero-order valence-corrected chi connectivity index (χ0v) is 11.9. The van der Waals surface area contributed by atoms with Gasteiger partial charge in [-0.2, -0.15) is 5.26 Å². The van der Waals surface area contributed by atoms with E-state index >= 15 is 0 Å². The van der Waals surface area contributed by atoms with Crippen LogP contribution in [0.25, 0.3) is 0 Å². The highest BCUT2D eigenvalue weighted by molar-refractivity contribution is 5.76. The number of nitrogens with zero attached hydrogens (tertiary/aromatic N) is 2. The van der Waals surface area contributed by atoms with E-state index in [0.717, 1.165) is 10.6 Å². The number of nitrogens with one attached hydrogen (secondary N) is 1. The molecule has 7 heteroatoms. The smallest absolute Gasteiger partial charge is 0.404 e. The van der Waals surface area contributed by atoms with Gasteiger partial charge in [0.05, 0.1) is 18.7 Å². The van der Waals surface area contributed by atoms with Gasteiger partial charge in [-0.15, -0.1) is 0 Å². The lowest BCUT2D eigenvalue weighted by Crippen LogP contribution is -2.40. The number of carbonyl (C=O) groups excluding carboxylic acids is 1. The van der Waals surface area contributed by atoms with Gasteiger partial charge in [0.25, 0.3) is 0 Å². The van der Waals surface area contributed by atoms with Gasteiger partial charge in [0, 0.05) is 19.5 Å². The van der Waals surface area contributed by atoms with Gasteiger partial charge in [-0.3, -0.25) is 9.63 Å². The Kier molecular flexibility index (Phi) is 6.17. The molecule has 7 nitrogen and oxygen atoms in total. The highest BCUT2D eigenvalue weighted by Crippen LogP contribution is 2.09. The molecule has 0 radical (unpaired) electrons. The summed E-state index contributed by atoms with van der Waals surface area (Å²) in [7, 11) is 2.82. The van der Waals surface area contributed by atoms with Gasteiger partial charge < -0.3 is 10.4 Å². The quantitative estimate of drug-likeness (QED) is 0.765. The minimum Gasteiger partial charge on any atom is -0.465 e. The summed E-state index contributed by atoms with van der Waals surface area (Å²) >= 11 is 0. The fraction of sp³-hybridized carbons (Fsp3) is 0.357. The standard InChI is InChI=1S/C14H17N3O4/c1-17(21-2)13(18)8-12(16-14(19)20)7-10-3-5-11(9-15)6-4-10/h3-6,12,16H,7-8H2,1-2H3,(H,19,20)/t12-/m1/s1. The van der Waals surface area contributed by atoms with E-state index in [1.807, 2.05) is 6.07 Å². The molecule has 1 aromatic carbocycles. The number of rotatable bonds is 6. The average Bonchev–Trinajstić information content (AvgIpc) is 2.46. The van der Waals surface area contributed by atoms with Gasteiger partial charge >= 0.3 is 6.09 Å². The van der Waals surface area contributed by atoms with E-state index in [4.69, 9.17) is 15.2 Å². The first kappa shape index (κ1) is 16.5. The molecule has 1 atom stereocenters. The van der Waals surface area contributed by atoms with Crippen molar-refractivity contribution in [3.8, 4) is 6.07 Å². The molecule has 1 rings (SSSR count). The van der Waals surface area contributed by atoms with Crippen LogP contribution >= 0.6 is 0 Å². The largest absolute Gasteiger partial charge is 0.465 e. The van der Waals surface area contributed by atoms with Crippen molar-refractivity contribution in [2.75, 3.05) is 14.2 Å². The summed E-state index contributed by atoms with van der Waals surface area (Å²) in [4.78, 5) is 27.4. The lowest BCUT2D eigenvalue weighted by atomic mass is 10.0. The zero-order chi connectivity index (χ0) is 15.8. The van der Waals surface area contributed by atoms with Crippen molar-refractivity contribution < 1.29 is 19.5 Å². The Morgan fingerprint density at radius 3 is 2.52 bits per heavy atom. The van der Waals surface area contributed by atoms with Crippen LogP contribution in [0.5, 0.6) is 0 Å². The Balaban J connectivity index is 2.75. The highest BCUT2D eigenvalue weighted by atomic mass is 16.7. The molecular weight excluding hydrogens is 274 g/mol.